The number of rotatable bonds is 2. The molecule has 4 atom stereocenters. The molecule has 13 heteroatoms. The molecule has 222 valence electrons. The van der Waals surface area contributed by atoms with Crippen molar-refractivity contribution >= 4 is 23.2 Å². The molecule has 5 rings (SSSR count). The molecule has 1 fully saturated rings. The van der Waals surface area contributed by atoms with Crippen LogP contribution in [0, 0.1) is 11.8 Å². The summed E-state index contributed by atoms with van der Waals surface area (Å²) in [6.07, 6.45) is -5.59. The third-order valence-electron chi connectivity index (χ3n) is 9.04. The van der Waals surface area contributed by atoms with E-state index in [1.165, 1.54) is 19.0 Å². The Labute approximate surface area is 233 Å². The van der Waals surface area contributed by atoms with Gasteiger partial charge >= 0.3 is 6.18 Å². The molecular formula is C28H32F3N3O7. The number of hydrogen-bond donors (Lipinski definition) is 5. The summed E-state index contributed by atoms with van der Waals surface area (Å²) >= 11 is 0. The average Bonchev–Trinajstić information content (AvgIpc) is 3.26. The Morgan fingerprint density at radius 2 is 1.63 bits per heavy atom. The molecule has 0 saturated heterocycles. The first kappa shape index (κ1) is 29.1. The van der Waals surface area contributed by atoms with Gasteiger partial charge in [-0.05, 0) is 64.8 Å². The lowest BCUT2D eigenvalue weighted by atomic mass is 9.57. The molecule has 0 radical (unpaired) electrons. The molecule has 4 aliphatic rings. The number of halogens is 3. The molecule has 0 bridgehead atoms. The van der Waals surface area contributed by atoms with Gasteiger partial charge in [-0.25, -0.2) is 0 Å². The number of likely N-dealkylation sites (N-methyl/N-ethyl adjacent to an activating group) is 1. The number of primary amides is 1. The van der Waals surface area contributed by atoms with Crippen LogP contribution in [0.1, 0.15) is 55.0 Å². The average molecular weight is 580 g/mol. The van der Waals surface area contributed by atoms with E-state index in [1.807, 2.05) is 20.8 Å². The van der Waals surface area contributed by atoms with Crippen molar-refractivity contribution in [3.63, 3.8) is 0 Å². The summed E-state index contributed by atoms with van der Waals surface area (Å²) in [6, 6.07) is -1.33. The number of Topliss-reactive ketones (excluding diaryl/α,β-unsaturated/α-hetero) is 2. The number of carbonyl (C=O) groups is 3. The quantitative estimate of drug-likeness (QED) is 0.330. The Morgan fingerprint density at radius 3 is 2.15 bits per heavy atom. The highest BCUT2D eigenvalue weighted by molar-refractivity contribution is 6.24. The van der Waals surface area contributed by atoms with E-state index in [1.54, 1.807) is 4.90 Å². The fraction of sp³-hybridized carbons (Fsp3) is 0.536. The molecular weight excluding hydrogens is 547 g/mol. The number of aliphatic hydroxyl groups is 3. The van der Waals surface area contributed by atoms with Gasteiger partial charge in [0.2, 0.25) is 5.78 Å². The topological polar surface area (TPSA) is 165 Å². The molecule has 10 nitrogen and oxygen atoms in total. The smallest absolute Gasteiger partial charge is 0.417 e. The predicted molar refractivity (Wildman–Crippen MR) is 138 cm³/mol. The first-order valence-corrected chi connectivity index (χ1v) is 13.1. The number of aliphatic hydroxyl groups excluding tert-OH is 2. The van der Waals surface area contributed by atoms with Crippen LogP contribution in [-0.2, 0) is 40.1 Å². The summed E-state index contributed by atoms with van der Waals surface area (Å²) in [6.45, 7) is 5.33. The maximum absolute atomic E-state index is 14.7. The number of alkyl halides is 3. The van der Waals surface area contributed by atoms with Crippen LogP contribution < -0.4 is 5.73 Å². The Balaban J connectivity index is 1.78. The lowest BCUT2D eigenvalue weighted by Crippen LogP contribution is -2.65. The lowest BCUT2D eigenvalue weighted by molar-refractivity contribution is -0.153. The van der Waals surface area contributed by atoms with E-state index in [0.717, 1.165) is 0 Å². The first-order valence-electron chi connectivity index (χ1n) is 13.1. The Hall–Kier alpha value is -3.42. The standard InChI is InChI=1S/C28H32F3N3O7/c1-26(2,3)34-8-12-13(9-34)20(35)16-11(18(12)28(29,30)31)6-10-7-14-19(33(4)5)22(37)17(25(32)40)24(39)27(14,41)23(38)15(10)21(16)36/h10,14,19,35-36,39,41H,6-9H2,1-5H3,(H2,32,40)/t10-,14-,19-,27?/m0/s1. The second kappa shape index (κ2) is 8.79. The van der Waals surface area contributed by atoms with Crippen LogP contribution in [-0.4, -0.2) is 79.0 Å². The summed E-state index contributed by atoms with van der Waals surface area (Å²) in [7, 11) is 2.88. The van der Waals surface area contributed by atoms with Gasteiger partial charge in [0.1, 0.15) is 22.8 Å². The Kier molecular flexibility index (Phi) is 6.24. The minimum absolute atomic E-state index is 0.0221. The molecule has 6 N–H and O–H groups in total. The SMILES string of the molecule is CN(C)[C@@H]1C(=O)C(C(N)=O)=C(O)C2(O)C(=O)C3=C(O)c4c(O)c5c(c(C(F)(F)F)c4C[C@H]3C[C@@H]12)CN(C(C)(C)C)C5. The maximum atomic E-state index is 14.7. The number of amides is 1. The maximum Gasteiger partial charge on any atom is 0.417 e. The predicted octanol–water partition coefficient (Wildman–Crippen LogP) is 2.10. The van der Waals surface area contributed by atoms with E-state index in [2.05, 4.69) is 0 Å². The van der Waals surface area contributed by atoms with Crippen molar-refractivity contribution in [3.05, 3.63) is 44.7 Å². The van der Waals surface area contributed by atoms with Crippen LogP contribution in [0.3, 0.4) is 0 Å². The van der Waals surface area contributed by atoms with Gasteiger partial charge in [-0.2, -0.15) is 13.2 Å². The van der Waals surface area contributed by atoms with Crippen LogP contribution >= 0.6 is 0 Å². The monoisotopic (exact) mass is 579 g/mol. The number of fused-ring (bicyclic) bond motifs is 4. The van der Waals surface area contributed by atoms with E-state index in [-0.39, 0.29) is 36.2 Å². The number of phenols is 1. The van der Waals surface area contributed by atoms with E-state index < -0.39 is 98.6 Å². The van der Waals surface area contributed by atoms with Crippen LogP contribution in [0.4, 0.5) is 13.2 Å². The highest BCUT2D eigenvalue weighted by Gasteiger charge is 2.64. The van der Waals surface area contributed by atoms with E-state index >= 15 is 0 Å². The van der Waals surface area contributed by atoms with Crippen LogP contribution in [0.2, 0.25) is 0 Å². The van der Waals surface area contributed by atoms with Crippen LogP contribution in [0.5, 0.6) is 5.75 Å². The van der Waals surface area contributed by atoms with Gasteiger partial charge in [-0.1, -0.05) is 0 Å². The molecule has 1 saturated carbocycles. The zero-order valence-corrected chi connectivity index (χ0v) is 23.2. The van der Waals surface area contributed by atoms with Crippen molar-refractivity contribution in [2.75, 3.05) is 14.1 Å². The Morgan fingerprint density at radius 1 is 1.05 bits per heavy atom. The summed E-state index contributed by atoms with van der Waals surface area (Å²) in [5.74, 6) is -8.87. The summed E-state index contributed by atoms with van der Waals surface area (Å²) in [5, 5.41) is 45.2. The second-order valence-electron chi connectivity index (χ2n) is 12.5. The number of phenolic OH excluding ortho intramolecular Hbond substituents is 1. The van der Waals surface area contributed by atoms with Crippen molar-refractivity contribution in [2.45, 2.75) is 70.1 Å². The van der Waals surface area contributed by atoms with Crippen molar-refractivity contribution < 1.29 is 48.0 Å². The largest absolute Gasteiger partial charge is 0.508 e. The molecule has 41 heavy (non-hydrogen) atoms. The van der Waals surface area contributed by atoms with E-state index in [0.29, 0.717) is 0 Å². The van der Waals surface area contributed by atoms with Crippen molar-refractivity contribution in [2.24, 2.45) is 17.6 Å². The van der Waals surface area contributed by atoms with Gasteiger partial charge in [-0.3, -0.25) is 24.2 Å². The highest BCUT2D eigenvalue weighted by Crippen LogP contribution is 2.56. The molecule has 1 amide bonds. The normalized spacial score (nSPS) is 28.6. The van der Waals surface area contributed by atoms with Crippen molar-refractivity contribution in [1.29, 1.82) is 0 Å². The third-order valence-corrected chi connectivity index (χ3v) is 9.04. The van der Waals surface area contributed by atoms with E-state index in [4.69, 9.17) is 5.73 Å². The minimum atomic E-state index is -4.86. The molecule has 1 heterocycles. The number of aromatic hydroxyl groups is 1. The molecule has 0 spiro atoms. The fourth-order valence-electron chi connectivity index (χ4n) is 7.09. The van der Waals surface area contributed by atoms with Gasteiger partial charge in [0, 0.05) is 35.7 Å². The van der Waals surface area contributed by atoms with Gasteiger partial charge in [0.25, 0.3) is 5.91 Å². The second-order valence-corrected chi connectivity index (χ2v) is 12.5. The highest BCUT2D eigenvalue weighted by atomic mass is 19.4. The van der Waals surface area contributed by atoms with Crippen molar-refractivity contribution in [1.82, 2.24) is 9.80 Å². The third kappa shape index (κ3) is 3.85. The van der Waals surface area contributed by atoms with Crippen LogP contribution in [0.15, 0.2) is 16.9 Å². The number of nitrogens with zero attached hydrogens (tertiary/aromatic N) is 2. The molecule has 0 aromatic heterocycles. The number of benzene rings is 1. The van der Waals surface area contributed by atoms with Gasteiger partial charge in [-0.15, -0.1) is 0 Å². The Bertz CT molecular complexity index is 1490. The lowest BCUT2D eigenvalue weighted by Gasteiger charge is -2.50. The van der Waals surface area contributed by atoms with Gasteiger partial charge in [0.05, 0.1) is 17.2 Å². The van der Waals surface area contributed by atoms with Gasteiger partial charge < -0.3 is 26.2 Å². The minimum Gasteiger partial charge on any atom is -0.508 e. The molecule has 1 aliphatic heterocycles. The van der Waals surface area contributed by atoms with Gasteiger partial charge in [0.15, 0.2) is 11.4 Å². The molecule has 1 unspecified atom stereocenters. The van der Waals surface area contributed by atoms with E-state index in [9.17, 15) is 48.0 Å². The molecule has 1 aromatic carbocycles. The number of carbonyl (C=O) groups excluding carboxylic acids is 3. The van der Waals surface area contributed by atoms with Crippen molar-refractivity contribution in [3.8, 4) is 5.75 Å². The number of hydrogen-bond acceptors (Lipinski definition) is 9. The summed E-state index contributed by atoms with van der Waals surface area (Å²) < 4.78 is 44.1. The first-order chi connectivity index (χ1) is 18.7. The zero-order chi connectivity index (χ0) is 30.7. The number of nitrogens with two attached hydrogens (primary N) is 1. The summed E-state index contributed by atoms with van der Waals surface area (Å²) in [5.41, 5.74) is -1.62. The zero-order valence-electron chi connectivity index (χ0n) is 23.2. The molecule has 1 aromatic rings. The number of ketones is 2. The summed E-state index contributed by atoms with van der Waals surface area (Å²) in [4.78, 5) is 42.3. The fourth-order valence-corrected chi connectivity index (χ4v) is 7.09. The molecule has 3 aliphatic carbocycles. The van der Waals surface area contributed by atoms with Crippen LogP contribution in [0.25, 0.3) is 5.76 Å².